The van der Waals surface area contributed by atoms with Gasteiger partial charge >= 0.3 is 17.9 Å². The van der Waals surface area contributed by atoms with Crippen molar-refractivity contribution in [1.29, 1.82) is 0 Å². The van der Waals surface area contributed by atoms with Crippen LogP contribution in [0.1, 0.15) is 17.9 Å². The number of hydrogen-bond acceptors (Lipinski definition) is 6. The summed E-state index contributed by atoms with van der Waals surface area (Å²) in [5, 5.41) is 0. The summed E-state index contributed by atoms with van der Waals surface area (Å²) in [6.45, 7) is 0. The second-order valence-electron chi connectivity index (χ2n) is 5.13. The molecular weight excluding hydrogens is 288 g/mol. The van der Waals surface area contributed by atoms with E-state index in [1.807, 2.05) is 6.07 Å². The molecule has 0 N–H and O–H groups in total. The highest BCUT2D eigenvalue weighted by molar-refractivity contribution is 6.07. The van der Waals surface area contributed by atoms with Gasteiger partial charge in [-0.1, -0.05) is 30.3 Å². The highest BCUT2D eigenvalue weighted by Crippen LogP contribution is 2.59. The first-order chi connectivity index (χ1) is 10.5. The molecular formula is C16H18O6. The second-order valence-corrected chi connectivity index (χ2v) is 5.13. The topological polar surface area (TPSA) is 78.9 Å². The van der Waals surface area contributed by atoms with Crippen molar-refractivity contribution >= 4 is 17.9 Å². The van der Waals surface area contributed by atoms with Gasteiger partial charge in [0, 0.05) is 5.92 Å². The van der Waals surface area contributed by atoms with Crippen molar-refractivity contribution in [2.45, 2.75) is 12.3 Å². The number of methoxy groups -OCH3 is 3. The summed E-state index contributed by atoms with van der Waals surface area (Å²) >= 11 is 0. The number of esters is 3. The molecule has 6 heteroatoms. The minimum atomic E-state index is -1.70. The van der Waals surface area contributed by atoms with Gasteiger partial charge in [0.15, 0.2) is 5.41 Å². The van der Waals surface area contributed by atoms with Crippen molar-refractivity contribution in [3.63, 3.8) is 0 Å². The first-order valence-electron chi connectivity index (χ1n) is 6.83. The zero-order valence-electron chi connectivity index (χ0n) is 12.7. The van der Waals surface area contributed by atoms with Crippen molar-refractivity contribution in [3.05, 3.63) is 35.9 Å². The Balaban J connectivity index is 2.54. The summed E-state index contributed by atoms with van der Waals surface area (Å²) in [5.41, 5.74) is -0.920. The number of rotatable bonds is 4. The lowest BCUT2D eigenvalue weighted by molar-refractivity contribution is -0.195. The van der Waals surface area contributed by atoms with Gasteiger partial charge in [0.1, 0.15) is 0 Å². The Morgan fingerprint density at radius 1 is 0.955 bits per heavy atom. The smallest absolute Gasteiger partial charge is 0.324 e. The molecule has 6 nitrogen and oxygen atoms in total. The summed E-state index contributed by atoms with van der Waals surface area (Å²) in [4.78, 5) is 36.8. The van der Waals surface area contributed by atoms with Crippen molar-refractivity contribution in [2.75, 3.05) is 21.3 Å². The van der Waals surface area contributed by atoms with Crippen molar-refractivity contribution in [3.8, 4) is 0 Å². The second kappa shape index (κ2) is 6.17. The van der Waals surface area contributed by atoms with Gasteiger partial charge in [0.2, 0.25) is 0 Å². The lowest BCUT2D eigenvalue weighted by Gasteiger charge is -2.49. The van der Waals surface area contributed by atoms with E-state index in [0.29, 0.717) is 6.42 Å². The fraction of sp³-hybridized carbons (Fsp3) is 0.438. The Morgan fingerprint density at radius 3 is 1.95 bits per heavy atom. The molecule has 0 spiro atoms. The lowest BCUT2D eigenvalue weighted by atomic mass is 9.50. The molecule has 22 heavy (non-hydrogen) atoms. The molecule has 0 bridgehead atoms. The quantitative estimate of drug-likeness (QED) is 0.474. The largest absolute Gasteiger partial charge is 0.469 e. The zero-order chi connectivity index (χ0) is 16.3. The summed E-state index contributed by atoms with van der Waals surface area (Å²) in [6, 6.07) is 9.05. The number of benzene rings is 1. The van der Waals surface area contributed by atoms with E-state index >= 15 is 0 Å². The SMILES string of the molecule is COC(=O)[C@H]1C[C@H](c2ccccc2)C1(C(=O)OC)C(=O)OC. The molecule has 1 aromatic rings. The van der Waals surface area contributed by atoms with Crippen LogP contribution < -0.4 is 0 Å². The molecule has 0 amide bonds. The normalized spacial score (nSPS) is 22.1. The van der Waals surface area contributed by atoms with Crippen LogP contribution in [0.15, 0.2) is 30.3 Å². The molecule has 1 fully saturated rings. The summed E-state index contributed by atoms with van der Waals surface area (Å²) in [6.07, 6.45) is 0.320. The average Bonchev–Trinajstić information content (AvgIpc) is 2.54. The Morgan fingerprint density at radius 2 is 1.50 bits per heavy atom. The van der Waals surface area contributed by atoms with E-state index in [1.165, 1.54) is 21.3 Å². The maximum Gasteiger partial charge on any atom is 0.324 e. The molecule has 118 valence electrons. The average molecular weight is 306 g/mol. The van der Waals surface area contributed by atoms with E-state index in [2.05, 4.69) is 0 Å². The van der Waals surface area contributed by atoms with Gasteiger partial charge in [0.05, 0.1) is 27.2 Å². The predicted octanol–water partition coefficient (Wildman–Crippen LogP) is 1.30. The van der Waals surface area contributed by atoms with Crippen LogP contribution in [-0.2, 0) is 28.6 Å². The monoisotopic (exact) mass is 306 g/mol. The fourth-order valence-corrected chi connectivity index (χ4v) is 3.19. The van der Waals surface area contributed by atoms with Gasteiger partial charge < -0.3 is 14.2 Å². The molecule has 0 aromatic heterocycles. The highest BCUT2D eigenvalue weighted by Gasteiger charge is 2.70. The van der Waals surface area contributed by atoms with Crippen molar-refractivity contribution in [2.24, 2.45) is 11.3 Å². The maximum atomic E-state index is 12.4. The Hall–Kier alpha value is -2.37. The molecule has 1 aliphatic carbocycles. The number of carbonyl (C=O) groups is 3. The van der Waals surface area contributed by atoms with E-state index in [-0.39, 0.29) is 0 Å². The molecule has 0 heterocycles. The van der Waals surface area contributed by atoms with E-state index in [9.17, 15) is 14.4 Å². The van der Waals surface area contributed by atoms with Crippen molar-refractivity contribution in [1.82, 2.24) is 0 Å². The first kappa shape index (κ1) is 16.0. The summed E-state index contributed by atoms with van der Waals surface area (Å²) in [5.74, 6) is -3.59. The van der Waals surface area contributed by atoms with E-state index in [4.69, 9.17) is 14.2 Å². The molecule has 1 aliphatic rings. The molecule has 0 radical (unpaired) electrons. The molecule has 0 aliphatic heterocycles. The third-order valence-corrected chi connectivity index (χ3v) is 4.30. The fourth-order valence-electron chi connectivity index (χ4n) is 3.19. The van der Waals surface area contributed by atoms with Gasteiger partial charge in [-0.2, -0.15) is 0 Å². The Kier molecular flexibility index (Phi) is 4.49. The molecule has 1 aromatic carbocycles. The van der Waals surface area contributed by atoms with Gasteiger partial charge in [0.25, 0.3) is 0 Å². The third-order valence-electron chi connectivity index (χ3n) is 4.30. The van der Waals surface area contributed by atoms with E-state index < -0.39 is 35.2 Å². The lowest BCUT2D eigenvalue weighted by Crippen LogP contribution is -2.61. The number of carbonyl (C=O) groups excluding carboxylic acids is 3. The highest BCUT2D eigenvalue weighted by atomic mass is 16.6. The van der Waals surface area contributed by atoms with Gasteiger partial charge in [-0.25, -0.2) is 0 Å². The van der Waals surface area contributed by atoms with Crippen LogP contribution in [0.2, 0.25) is 0 Å². The standard InChI is InChI=1S/C16H18O6/c1-20-13(17)12-9-11(10-7-5-4-6-8-10)16(12,14(18)21-2)15(19)22-3/h4-8,11-12H,9H2,1-3H3/t11-,12-/m1/s1. The van der Waals surface area contributed by atoms with Crippen LogP contribution in [0, 0.1) is 11.3 Å². The van der Waals surface area contributed by atoms with Crippen molar-refractivity contribution < 1.29 is 28.6 Å². The molecule has 1 saturated carbocycles. The molecule has 0 unspecified atom stereocenters. The van der Waals surface area contributed by atoms with Crippen LogP contribution in [-0.4, -0.2) is 39.2 Å². The molecule has 0 saturated heterocycles. The summed E-state index contributed by atoms with van der Waals surface area (Å²) in [7, 11) is 3.58. The Bertz CT molecular complexity index is 564. The summed E-state index contributed by atoms with van der Waals surface area (Å²) < 4.78 is 14.3. The zero-order valence-corrected chi connectivity index (χ0v) is 12.7. The first-order valence-corrected chi connectivity index (χ1v) is 6.83. The van der Waals surface area contributed by atoms with Crippen LogP contribution >= 0.6 is 0 Å². The molecule has 2 rings (SSSR count). The number of hydrogen-bond donors (Lipinski definition) is 0. The minimum absolute atomic E-state index is 0.320. The van der Waals surface area contributed by atoms with Gasteiger partial charge in [-0.3, -0.25) is 14.4 Å². The third kappa shape index (κ3) is 2.15. The van der Waals surface area contributed by atoms with Gasteiger partial charge in [-0.05, 0) is 12.0 Å². The maximum absolute atomic E-state index is 12.4. The predicted molar refractivity (Wildman–Crippen MR) is 75.8 cm³/mol. The van der Waals surface area contributed by atoms with Crippen LogP contribution in [0.3, 0.4) is 0 Å². The van der Waals surface area contributed by atoms with E-state index in [1.54, 1.807) is 24.3 Å². The van der Waals surface area contributed by atoms with Crippen LogP contribution in [0.4, 0.5) is 0 Å². The number of ether oxygens (including phenoxy) is 3. The molecule has 2 atom stereocenters. The van der Waals surface area contributed by atoms with Gasteiger partial charge in [-0.15, -0.1) is 0 Å². The Labute approximate surface area is 128 Å². The van der Waals surface area contributed by atoms with Crippen LogP contribution in [0.5, 0.6) is 0 Å². The van der Waals surface area contributed by atoms with E-state index in [0.717, 1.165) is 5.56 Å². The van der Waals surface area contributed by atoms with Crippen LogP contribution in [0.25, 0.3) is 0 Å². The minimum Gasteiger partial charge on any atom is -0.469 e.